The van der Waals surface area contributed by atoms with Crippen LogP contribution >= 0.6 is 11.8 Å². The lowest BCUT2D eigenvalue weighted by molar-refractivity contribution is -0.137. The number of thioether (sulfide) groups is 1. The molecule has 0 aliphatic carbocycles. The van der Waals surface area contributed by atoms with Gasteiger partial charge in [0.05, 0.1) is 25.2 Å². The Kier molecular flexibility index (Phi) is 26.2. The van der Waals surface area contributed by atoms with Crippen LogP contribution in [0.15, 0.2) is 0 Å². The van der Waals surface area contributed by atoms with Gasteiger partial charge in [-0.3, -0.25) is 43.6 Å². The maximum absolute atomic E-state index is 13.6. The van der Waals surface area contributed by atoms with Crippen molar-refractivity contribution in [2.75, 3.05) is 38.5 Å². The first kappa shape index (κ1) is 54.4. The van der Waals surface area contributed by atoms with E-state index < -0.39 is 78.5 Å². The molecule has 0 spiro atoms. The summed E-state index contributed by atoms with van der Waals surface area (Å²) >= 11 is 1.84. The molecule has 0 aromatic carbocycles. The highest BCUT2D eigenvalue weighted by atomic mass is 32.2. The van der Waals surface area contributed by atoms with E-state index in [0.717, 1.165) is 25.0 Å². The Morgan fingerprint density at radius 3 is 1.95 bits per heavy atom. The topological polar surface area (TPSA) is 360 Å². The molecule has 22 nitrogen and oxygen atoms in total. The second-order valence-corrected chi connectivity index (χ2v) is 17.8. The Bertz CT molecular complexity index is 1520. The molecular weight excluding hydrogens is 841 g/mol. The standard InChI is InChI=1S/C40H72N12O10S/c1-24(2)19-25(20-32(54)52-62)37(58)48-28(13-6-9-17-42)39(60)49-27(12-5-8-16-41)38(59)46-21-33(55)45-22-34(56)47-26(36(43)57)11-7-10-18-44-31(53)15-4-3-14-30-35-29(23-63-30)50-40(61)51-35/h24-30,35,62H,3-23,41-42H2,1-2H3,(H2,43,57)(H,44,53)(H,45,55)(H,46,59)(H,47,56)(H,48,58)(H,49,60)(H,52,54)(H2,50,51,61)/t25?,26-,27-,28-,29-,30-,35-/m0/s1. The molecule has 2 saturated heterocycles. The number of hydrogen-bond acceptors (Lipinski definition) is 13. The van der Waals surface area contributed by atoms with Gasteiger partial charge >= 0.3 is 6.03 Å². The number of amides is 10. The van der Waals surface area contributed by atoms with Gasteiger partial charge in [0.15, 0.2) is 0 Å². The van der Waals surface area contributed by atoms with E-state index in [1.54, 1.807) is 0 Å². The molecule has 0 aromatic rings. The first-order valence-electron chi connectivity index (χ1n) is 22.1. The smallest absolute Gasteiger partial charge is 0.315 e. The number of nitrogens with two attached hydrogens (primary N) is 3. The van der Waals surface area contributed by atoms with Crippen LogP contribution in [0, 0.1) is 11.8 Å². The lowest BCUT2D eigenvalue weighted by Crippen LogP contribution is -2.55. The number of carbonyl (C=O) groups is 9. The summed E-state index contributed by atoms with van der Waals surface area (Å²) in [5, 5.41) is 30.8. The van der Waals surface area contributed by atoms with Crippen LogP contribution in [-0.4, -0.2) is 132 Å². The molecule has 2 heterocycles. The summed E-state index contributed by atoms with van der Waals surface area (Å²) in [7, 11) is 0. The molecule has 2 fully saturated rings. The molecule has 16 N–H and O–H groups in total. The molecule has 10 amide bonds. The largest absolute Gasteiger partial charge is 0.368 e. The summed E-state index contributed by atoms with van der Waals surface area (Å²) in [6.07, 6.45) is 6.52. The van der Waals surface area contributed by atoms with Gasteiger partial charge in [-0.25, -0.2) is 10.3 Å². The summed E-state index contributed by atoms with van der Waals surface area (Å²) in [4.78, 5) is 113. The van der Waals surface area contributed by atoms with E-state index in [-0.39, 0.29) is 55.6 Å². The molecule has 0 saturated carbocycles. The second-order valence-electron chi connectivity index (χ2n) is 16.5. The van der Waals surface area contributed by atoms with Crippen molar-refractivity contribution in [2.45, 2.75) is 146 Å². The van der Waals surface area contributed by atoms with Gasteiger partial charge in [0.1, 0.15) is 18.1 Å². The van der Waals surface area contributed by atoms with Crippen molar-refractivity contribution >= 4 is 65.1 Å². The molecule has 1 unspecified atom stereocenters. The van der Waals surface area contributed by atoms with Crippen LogP contribution in [0.1, 0.15) is 110 Å². The highest BCUT2D eigenvalue weighted by molar-refractivity contribution is 8.00. The maximum atomic E-state index is 13.6. The van der Waals surface area contributed by atoms with Crippen LogP contribution in [0.4, 0.5) is 4.79 Å². The summed E-state index contributed by atoms with van der Waals surface area (Å²) in [5.74, 6) is -4.84. The van der Waals surface area contributed by atoms with Crippen LogP contribution < -0.4 is 65.2 Å². The number of primary amides is 1. The number of hydrogen-bond donors (Lipinski definition) is 13. The number of hydroxylamine groups is 1. The Hall–Kier alpha value is -4.74. The lowest BCUT2D eigenvalue weighted by Gasteiger charge is -2.25. The summed E-state index contributed by atoms with van der Waals surface area (Å²) in [6.45, 7) is 3.74. The first-order chi connectivity index (χ1) is 30.1. The van der Waals surface area contributed by atoms with Gasteiger partial charge in [0.25, 0.3) is 0 Å². The predicted octanol–water partition coefficient (Wildman–Crippen LogP) is -2.01. The number of rotatable bonds is 33. The van der Waals surface area contributed by atoms with Gasteiger partial charge in [0.2, 0.25) is 47.3 Å². The monoisotopic (exact) mass is 913 g/mol. The van der Waals surface area contributed by atoms with Crippen molar-refractivity contribution < 1.29 is 48.4 Å². The molecule has 0 bridgehead atoms. The van der Waals surface area contributed by atoms with Crippen molar-refractivity contribution in [3.8, 4) is 0 Å². The number of carbonyl (C=O) groups excluding carboxylic acids is 9. The van der Waals surface area contributed by atoms with E-state index in [9.17, 15) is 43.2 Å². The summed E-state index contributed by atoms with van der Waals surface area (Å²) in [6, 6.07) is -3.01. The third-order valence-corrected chi connectivity index (χ3v) is 12.2. The summed E-state index contributed by atoms with van der Waals surface area (Å²) < 4.78 is 0. The van der Waals surface area contributed by atoms with E-state index in [2.05, 4.69) is 42.5 Å². The molecule has 0 radical (unpaired) electrons. The number of nitrogens with one attached hydrogen (secondary N) is 9. The van der Waals surface area contributed by atoms with Crippen LogP contribution in [0.25, 0.3) is 0 Å². The Morgan fingerprint density at radius 2 is 1.32 bits per heavy atom. The predicted molar refractivity (Wildman–Crippen MR) is 235 cm³/mol. The Labute approximate surface area is 373 Å². The van der Waals surface area contributed by atoms with Crippen LogP contribution in [0.3, 0.4) is 0 Å². The second kappa shape index (κ2) is 30.4. The van der Waals surface area contributed by atoms with Crippen LogP contribution in [-0.2, 0) is 38.4 Å². The van der Waals surface area contributed by atoms with E-state index in [0.29, 0.717) is 76.3 Å². The molecule has 2 rings (SSSR count). The maximum Gasteiger partial charge on any atom is 0.315 e. The zero-order valence-electron chi connectivity index (χ0n) is 36.7. The minimum Gasteiger partial charge on any atom is -0.368 e. The molecule has 0 aromatic heterocycles. The van der Waals surface area contributed by atoms with Crippen molar-refractivity contribution in [3.05, 3.63) is 0 Å². The first-order valence-corrected chi connectivity index (χ1v) is 23.1. The van der Waals surface area contributed by atoms with E-state index >= 15 is 0 Å². The van der Waals surface area contributed by atoms with Gasteiger partial charge in [0, 0.05) is 36.3 Å². The quantitative estimate of drug-likeness (QED) is 0.0147. The Morgan fingerprint density at radius 1 is 0.698 bits per heavy atom. The molecule has 2 aliphatic heterocycles. The minimum atomic E-state index is -1.11. The molecule has 358 valence electrons. The molecular formula is C40H72N12O10S. The van der Waals surface area contributed by atoms with Crippen molar-refractivity contribution in [2.24, 2.45) is 29.0 Å². The normalized spacial score (nSPS) is 18.4. The number of unbranched alkanes of at least 4 members (excludes halogenated alkanes) is 4. The minimum absolute atomic E-state index is 0.0230. The van der Waals surface area contributed by atoms with Gasteiger partial charge in [-0.15, -0.1) is 0 Å². The molecule has 7 atom stereocenters. The van der Waals surface area contributed by atoms with Crippen LogP contribution in [0.2, 0.25) is 0 Å². The molecule has 23 heteroatoms. The van der Waals surface area contributed by atoms with Crippen molar-refractivity contribution in [1.29, 1.82) is 0 Å². The Balaban J connectivity index is 1.79. The van der Waals surface area contributed by atoms with Crippen molar-refractivity contribution in [1.82, 2.24) is 48.0 Å². The lowest BCUT2D eigenvalue weighted by atomic mass is 9.92. The van der Waals surface area contributed by atoms with Crippen LogP contribution in [0.5, 0.6) is 0 Å². The summed E-state index contributed by atoms with van der Waals surface area (Å²) in [5.41, 5.74) is 18.3. The van der Waals surface area contributed by atoms with E-state index in [4.69, 9.17) is 22.4 Å². The number of fused-ring (bicyclic) bond motifs is 1. The van der Waals surface area contributed by atoms with Gasteiger partial charge in [-0.1, -0.05) is 20.3 Å². The third kappa shape index (κ3) is 21.9. The van der Waals surface area contributed by atoms with Crippen molar-refractivity contribution in [3.63, 3.8) is 0 Å². The average molecular weight is 913 g/mol. The van der Waals surface area contributed by atoms with E-state index in [1.165, 1.54) is 5.48 Å². The van der Waals surface area contributed by atoms with Gasteiger partial charge in [-0.05, 0) is 96.1 Å². The van der Waals surface area contributed by atoms with Gasteiger partial charge < -0.3 is 59.7 Å². The SMILES string of the molecule is CC(C)CC(CC(=O)NO)C(=O)N[C@@H](CCCCN)C(=O)N[C@@H](CCCCN)C(=O)NCC(=O)NCC(=O)N[C@@H](CCCCNC(=O)CCCC[C@@H]1SC[C@@H]2NC(=O)N[C@@H]21)C(N)=O. The highest BCUT2D eigenvalue weighted by Crippen LogP contribution is 2.33. The fourth-order valence-corrected chi connectivity index (χ4v) is 8.88. The zero-order valence-corrected chi connectivity index (χ0v) is 37.5. The van der Waals surface area contributed by atoms with Gasteiger partial charge in [-0.2, -0.15) is 11.8 Å². The van der Waals surface area contributed by atoms with E-state index in [1.807, 2.05) is 25.6 Å². The number of urea groups is 1. The fourth-order valence-electron chi connectivity index (χ4n) is 7.33. The zero-order chi connectivity index (χ0) is 46.7. The molecule has 2 aliphatic rings. The highest BCUT2D eigenvalue weighted by Gasteiger charge is 2.42. The average Bonchev–Trinajstić information content (AvgIpc) is 3.80. The fraction of sp³-hybridized carbons (Fsp3) is 0.775. The molecule has 63 heavy (non-hydrogen) atoms. The third-order valence-electron chi connectivity index (χ3n) is 10.7.